The fraction of sp³-hybridized carbons (Fsp3) is 0.765. The van der Waals surface area contributed by atoms with Crippen molar-refractivity contribution in [1.82, 2.24) is 25.3 Å². The summed E-state index contributed by atoms with van der Waals surface area (Å²) in [7, 11) is 3.35. The number of hydrogen-bond acceptors (Lipinski definition) is 4. The second-order valence-electron chi connectivity index (χ2n) is 6.92. The lowest BCUT2D eigenvalue weighted by Crippen LogP contribution is -2.51. The van der Waals surface area contributed by atoms with Gasteiger partial charge in [-0.3, -0.25) is 14.6 Å². The van der Waals surface area contributed by atoms with Crippen molar-refractivity contribution in [1.29, 1.82) is 0 Å². The second-order valence-corrected chi connectivity index (χ2v) is 6.92. The van der Waals surface area contributed by atoms with Crippen LogP contribution >= 0.6 is 24.0 Å². The highest BCUT2D eigenvalue weighted by molar-refractivity contribution is 14.0. The Balaban J connectivity index is 0.00000392. The quantitative estimate of drug-likeness (QED) is 0.330. The Morgan fingerprint density at radius 2 is 2.18 bits per heavy atom. The maximum atomic E-state index is 12.4. The van der Waals surface area contributed by atoms with E-state index in [0.29, 0.717) is 19.0 Å². The first-order valence-corrected chi connectivity index (χ1v) is 9.30. The van der Waals surface area contributed by atoms with Crippen molar-refractivity contribution in [2.24, 2.45) is 12.0 Å². The van der Waals surface area contributed by atoms with Crippen LogP contribution in [0.4, 0.5) is 18.9 Å². The zero-order valence-corrected chi connectivity index (χ0v) is 19.0. The van der Waals surface area contributed by atoms with Crippen LogP contribution in [0.5, 0.6) is 0 Å². The van der Waals surface area contributed by atoms with Gasteiger partial charge in [0.15, 0.2) is 5.96 Å². The SMILES string of the molecule is CCNC(=NCCN(C)CC(F)(F)F)NC1CCCN(c2cnn(C)c2)C1.I. The topological polar surface area (TPSA) is 60.7 Å². The molecule has 0 aromatic carbocycles. The molecule has 1 atom stereocenters. The molecule has 2 rings (SSSR count). The van der Waals surface area contributed by atoms with Crippen LogP contribution < -0.4 is 15.5 Å². The summed E-state index contributed by atoms with van der Waals surface area (Å²) in [5.41, 5.74) is 1.10. The summed E-state index contributed by atoms with van der Waals surface area (Å²) in [5, 5.41) is 10.8. The number of aromatic nitrogens is 2. The van der Waals surface area contributed by atoms with Gasteiger partial charge in [-0.15, -0.1) is 24.0 Å². The average molecular weight is 517 g/mol. The van der Waals surface area contributed by atoms with Gasteiger partial charge in [-0.1, -0.05) is 0 Å². The molecule has 162 valence electrons. The summed E-state index contributed by atoms with van der Waals surface area (Å²) in [4.78, 5) is 7.95. The molecule has 1 aliphatic heterocycles. The number of halogens is 4. The first-order chi connectivity index (χ1) is 12.8. The molecule has 0 spiro atoms. The molecule has 0 amide bonds. The minimum atomic E-state index is -4.18. The van der Waals surface area contributed by atoms with Crippen molar-refractivity contribution in [2.45, 2.75) is 32.0 Å². The van der Waals surface area contributed by atoms with Crippen LogP contribution in [-0.4, -0.2) is 79.2 Å². The Morgan fingerprint density at radius 1 is 1.43 bits per heavy atom. The molecule has 1 unspecified atom stereocenters. The molecule has 2 N–H and O–H groups in total. The minimum absolute atomic E-state index is 0. The third-order valence-corrected chi connectivity index (χ3v) is 4.36. The average Bonchev–Trinajstić information content (AvgIpc) is 3.00. The van der Waals surface area contributed by atoms with Gasteiger partial charge in [0.1, 0.15) is 0 Å². The molecule has 1 aromatic rings. The van der Waals surface area contributed by atoms with Crippen molar-refractivity contribution in [2.75, 3.05) is 51.2 Å². The molecule has 11 heteroatoms. The number of aliphatic imine (C=N–C) groups is 1. The minimum Gasteiger partial charge on any atom is -0.367 e. The van der Waals surface area contributed by atoms with E-state index in [0.717, 1.165) is 31.6 Å². The highest BCUT2D eigenvalue weighted by atomic mass is 127. The van der Waals surface area contributed by atoms with E-state index in [2.05, 4.69) is 25.6 Å². The van der Waals surface area contributed by atoms with Crippen molar-refractivity contribution in [3.05, 3.63) is 12.4 Å². The molecular weight excluding hydrogens is 486 g/mol. The number of hydrogen-bond donors (Lipinski definition) is 2. The molecule has 28 heavy (non-hydrogen) atoms. The van der Waals surface area contributed by atoms with Crippen molar-refractivity contribution >= 4 is 35.6 Å². The Morgan fingerprint density at radius 3 is 2.79 bits per heavy atom. The number of guanidine groups is 1. The monoisotopic (exact) mass is 517 g/mol. The van der Waals surface area contributed by atoms with Crippen LogP contribution in [0.3, 0.4) is 0 Å². The molecule has 0 radical (unpaired) electrons. The Kier molecular flexibility index (Phi) is 10.4. The zero-order valence-electron chi connectivity index (χ0n) is 16.7. The van der Waals surface area contributed by atoms with Gasteiger partial charge in [-0.2, -0.15) is 18.3 Å². The zero-order chi connectivity index (χ0) is 19.9. The molecular formula is C17H31F3IN7. The number of nitrogens with zero attached hydrogens (tertiary/aromatic N) is 5. The number of aryl methyl sites for hydroxylation is 1. The van der Waals surface area contributed by atoms with E-state index in [4.69, 9.17) is 0 Å². The standard InChI is InChI=1S/C17H30F3N7.HI/c1-4-21-16(22-7-9-25(2)13-17(18,19)20)24-14-6-5-8-27(11-14)15-10-23-26(3)12-15;/h10,12,14H,4-9,11,13H2,1-3H3,(H2,21,22,24);1H. The van der Waals surface area contributed by atoms with Crippen molar-refractivity contribution in [3.8, 4) is 0 Å². The van der Waals surface area contributed by atoms with Crippen molar-refractivity contribution in [3.63, 3.8) is 0 Å². The van der Waals surface area contributed by atoms with Gasteiger partial charge in [-0.05, 0) is 26.8 Å². The van der Waals surface area contributed by atoms with Crippen LogP contribution in [-0.2, 0) is 7.05 Å². The lowest BCUT2D eigenvalue weighted by Gasteiger charge is -2.34. The van der Waals surface area contributed by atoms with Gasteiger partial charge in [0.05, 0.1) is 25.0 Å². The van der Waals surface area contributed by atoms with E-state index in [9.17, 15) is 13.2 Å². The maximum Gasteiger partial charge on any atom is 0.401 e. The van der Waals surface area contributed by atoms with Gasteiger partial charge in [0.2, 0.25) is 0 Å². The number of rotatable bonds is 7. The fourth-order valence-corrected chi connectivity index (χ4v) is 3.13. The lowest BCUT2D eigenvalue weighted by atomic mass is 10.1. The Labute approximate surface area is 181 Å². The third kappa shape index (κ3) is 8.84. The lowest BCUT2D eigenvalue weighted by molar-refractivity contribution is -0.142. The van der Waals surface area contributed by atoms with Gasteiger partial charge in [0.25, 0.3) is 0 Å². The van der Waals surface area contributed by atoms with Gasteiger partial charge >= 0.3 is 6.18 Å². The summed E-state index contributed by atoms with van der Waals surface area (Å²) < 4.78 is 38.9. The molecule has 0 bridgehead atoms. The summed E-state index contributed by atoms with van der Waals surface area (Å²) in [6, 6.07) is 0.227. The first kappa shape index (κ1) is 24.8. The normalized spacial score (nSPS) is 18.2. The van der Waals surface area contributed by atoms with E-state index in [-0.39, 0.29) is 36.6 Å². The summed E-state index contributed by atoms with van der Waals surface area (Å²) in [6.45, 7) is 4.13. The van der Waals surface area contributed by atoms with Crippen molar-refractivity contribution < 1.29 is 13.2 Å². The molecule has 2 heterocycles. The molecule has 7 nitrogen and oxygen atoms in total. The molecule has 1 saturated heterocycles. The van der Waals surface area contributed by atoms with Crippen LogP contribution in [0, 0.1) is 0 Å². The molecule has 1 aliphatic rings. The predicted molar refractivity (Wildman–Crippen MR) is 117 cm³/mol. The van der Waals surface area contributed by atoms with Crippen LogP contribution in [0.1, 0.15) is 19.8 Å². The van der Waals surface area contributed by atoms with E-state index in [1.54, 1.807) is 4.68 Å². The van der Waals surface area contributed by atoms with E-state index in [1.165, 1.54) is 11.9 Å². The Bertz CT molecular complexity index is 606. The van der Waals surface area contributed by atoms with E-state index < -0.39 is 12.7 Å². The summed E-state index contributed by atoms with van der Waals surface area (Å²) >= 11 is 0. The van der Waals surface area contributed by atoms with Crippen LogP contribution in [0.2, 0.25) is 0 Å². The van der Waals surface area contributed by atoms with Crippen LogP contribution in [0.25, 0.3) is 0 Å². The number of anilines is 1. The van der Waals surface area contributed by atoms with Gasteiger partial charge in [0, 0.05) is 45.5 Å². The third-order valence-electron chi connectivity index (χ3n) is 4.36. The number of alkyl halides is 3. The van der Waals surface area contributed by atoms with Gasteiger partial charge in [-0.25, -0.2) is 0 Å². The van der Waals surface area contributed by atoms with Gasteiger partial charge < -0.3 is 15.5 Å². The molecule has 1 fully saturated rings. The fourth-order valence-electron chi connectivity index (χ4n) is 3.13. The van der Waals surface area contributed by atoms with E-state index in [1.807, 2.05) is 26.4 Å². The highest BCUT2D eigenvalue weighted by Crippen LogP contribution is 2.19. The Hall–Kier alpha value is -1.24. The molecule has 0 aliphatic carbocycles. The maximum absolute atomic E-state index is 12.4. The first-order valence-electron chi connectivity index (χ1n) is 9.30. The number of nitrogens with one attached hydrogen (secondary N) is 2. The smallest absolute Gasteiger partial charge is 0.367 e. The number of piperidine rings is 1. The molecule has 1 aromatic heterocycles. The van der Waals surface area contributed by atoms with E-state index >= 15 is 0 Å². The summed E-state index contributed by atoms with van der Waals surface area (Å²) in [6.07, 6.45) is 1.75. The number of likely N-dealkylation sites (N-methyl/N-ethyl adjacent to an activating group) is 1. The second kappa shape index (κ2) is 11.7. The summed E-state index contributed by atoms with van der Waals surface area (Å²) in [5.74, 6) is 0.649. The van der Waals surface area contributed by atoms with Crippen LogP contribution in [0.15, 0.2) is 17.4 Å². The largest absolute Gasteiger partial charge is 0.401 e. The molecule has 0 saturated carbocycles. The predicted octanol–water partition coefficient (Wildman–Crippen LogP) is 2.06. The highest BCUT2D eigenvalue weighted by Gasteiger charge is 2.28.